The maximum Gasteiger partial charge on any atom is 0.227 e. The Labute approximate surface area is 147 Å². The molecule has 1 fully saturated rings. The molecule has 5 nitrogen and oxygen atoms in total. The molecule has 0 aromatic heterocycles. The Kier molecular flexibility index (Phi) is 5.33. The first kappa shape index (κ1) is 17.0. The second-order valence-corrected chi connectivity index (χ2v) is 6.06. The predicted molar refractivity (Wildman–Crippen MR) is 98.0 cm³/mol. The van der Waals surface area contributed by atoms with E-state index in [9.17, 15) is 9.59 Å². The first-order chi connectivity index (χ1) is 12.2. The average Bonchev–Trinajstić information content (AvgIpc) is 3.06. The number of hydrogen-bond acceptors (Lipinski definition) is 3. The van der Waals surface area contributed by atoms with Crippen molar-refractivity contribution < 1.29 is 14.3 Å². The third kappa shape index (κ3) is 4.18. The second-order valence-electron chi connectivity index (χ2n) is 6.06. The van der Waals surface area contributed by atoms with E-state index >= 15 is 0 Å². The van der Waals surface area contributed by atoms with Gasteiger partial charge in [0.05, 0.1) is 7.11 Å². The minimum absolute atomic E-state index is 0.0594. The fourth-order valence-corrected chi connectivity index (χ4v) is 3.05. The second kappa shape index (κ2) is 7.83. The number of nitrogens with one attached hydrogen (secondary N) is 1. The first-order valence-corrected chi connectivity index (χ1v) is 8.49. The van der Waals surface area contributed by atoms with Crippen LogP contribution in [-0.2, 0) is 16.0 Å². The Morgan fingerprint density at radius 1 is 1.20 bits per heavy atom. The minimum atomic E-state index is -0.0594. The van der Waals surface area contributed by atoms with Gasteiger partial charge in [-0.15, -0.1) is 0 Å². The molecular formula is C20H22N2O3. The summed E-state index contributed by atoms with van der Waals surface area (Å²) in [5.41, 5.74) is 2.56. The summed E-state index contributed by atoms with van der Waals surface area (Å²) >= 11 is 0. The zero-order valence-electron chi connectivity index (χ0n) is 14.3. The molecule has 2 amide bonds. The number of nitrogens with zero attached hydrogens (tertiary/aromatic N) is 1. The molecule has 2 aromatic rings. The lowest BCUT2D eigenvalue weighted by Gasteiger charge is -2.16. The molecule has 0 radical (unpaired) electrons. The number of carbonyl (C=O) groups excluding carboxylic acids is 2. The molecule has 0 spiro atoms. The summed E-state index contributed by atoms with van der Waals surface area (Å²) in [6.07, 6.45) is 2.46. The van der Waals surface area contributed by atoms with Crippen LogP contribution in [0.5, 0.6) is 5.75 Å². The molecule has 0 saturated carbocycles. The maximum absolute atomic E-state index is 12.2. The van der Waals surface area contributed by atoms with Crippen LogP contribution in [0, 0.1) is 0 Å². The molecule has 1 saturated heterocycles. The largest absolute Gasteiger partial charge is 0.496 e. The van der Waals surface area contributed by atoms with Crippen LogP contribution in [0.3, 0.4) is 0 Å². The van der Waals surface area contributed by atoms with Crippen LogP contribution in [0.15, 0.2) is 48.5 Å². The Morgan fingerprint density at radius 2 is 2.04 bits per heavy atom. The van der Waals surface area contributed by atoms with Gasteiger partial charge >= 0.3 is 0 Å². The van der Waals surface area contributed by atoms with Crippen LogP contribution in [0.4, 0.5) is 11.4 Å². The van der Waals surface area contributed by atoms with E-state index < -0.39 is 0 Å². The summed E-state index contributed by atoms with van der Waals surface area (Å²) in [6, 6.07) is 15.1. The van der Waals surface area contributed by atoms with Gasteiger partial charge in [-0.2, -0.15) is 0 Å². The maximum atomic E-state index is 12.2. The summed E-state index contributed by atoms with van der Waals surface area (Å²) in [6.45, 7) is 0.740. The van der Waals surface area contributed by atoms with Crippen LogP contribution >= 0.6 is 0 Å². The van der Waals surface area contributed by atoms with Crippen molar-refractivity contribution in [3.8, 4) is 5.75 Å². The SMILES string of the molecule is COc1ccccc1CCC(=O)Nc1cccc(N2CCCC2=O)c1. The molecule has 5 heteroatoms. The lowest BCUT2D eigenvalue weighted by molar-refractivity contribution is -0.117. The van der Waals surface area contributed by atoms with Crippen molar-refractivity contribution in [1.82, 2.24) is 0 Å². The minimum Gasteiger partial charge on any atom is -0.496 e. The number of para-hydroxylation sites is 1. The first-order valence-electron chi connectivity index (χ1n) is 8.49. The van der Waals surface area contributed by atoms with Crippen LogP contribution < -0.4 is 15.0 Å². The van der Waals surface area contributed by atoms with Crippen molar-refractivity contribution in [2.45, 2.75) is 25.7 Å². The lowest BCUT2D eigenvalue weighted by Crippen LogP contribution is -2.23. The molecule has 3 rings (SSSR count). The van der Waals surface area contributed by atoms with Crippen LogP contribution in [0.1, 0.15) is 24.8 Å². The normalized spacial score (nSPS) is 13.8. The number of benzene rings is 2. The molecule has 1 aliphatic heterocycles. The third-order valence-electron chi connectivity index (χ3n) is 4.33. The van der Waals surface area contributed by atoms with Crippen molar-refractivity contribution in [2.75, 3.05) is 23.9 Å². The molecule has 25 heavy (non-hydrogen) atoms. The van der Waals surface area contributed by atoms with E-state index in [-0.39, 0.29) is 11.8 Å². The topological polar surface area (TPSA) is 58.6 Å². The number of rotatable bonds is 6. The Morgan fingerprint density at radius 3 is 2.80 bits per heavy atom. The third-order valence-corrected chi connectivity index (χ3v) is 4.33. The molecule has 1 heterocycles. The average molecular weight is 338 g/mol. The molecule has 130 valence electrons. The summed E-state index contributed by atoms with van der Waals surface area (Å²) in [4.78, 5) is 25.9. The number of ether oxygens (including phenoxy) is 1. The number of hydrogen-bond donors (Lipinski definition) is 1. The van der Waals surface area contributed by atoms with Crippen molar-refractivity contribution in [1.29, 1.82) is 0 Å². The van der Waals surface area contributed by atoms with E-state index in [1.54, 1.807) is 12.0 Å². The van der Waals surface area contributed by atoms with Gasteiger partial charge in [-0.3, -0.25) is 9.59 Å². The number of amides is 2. The van der Waals surface area contributed by atoms with Crippen LogP contribution in [-0.4, -0.2) is 25.5 Å². The summed E-state index contributed by atoms with van der Waals surface area (Å²) in [7, 11) is 1.63. The van der Waals surface area contributed by atoms with Gasteiger partial charge in [-0.1, -0.05) is 24.3 Å². The van der Waals surface area contributed by atoms with E-state index in [0.717, 1.165) is 30.0 Å². The highest BCUT2D eigenvalue weighted by molar-refractivity contribution is 5.97. The summed E-state index contributed by atoms with van der Waals surface area (Å²) in [5.74, 6) is 0.875. The van der Waals surface area contributed by atoms with E-state index in [0.29, 0.717) is 24.9 Å². The van der Waals surface area contributed by atoms with Crippen molar-refractivity contribution in [3.05, 3.63) is 54.1 Å². The molecule has 1 N–H and O–H groups in total. The molecular weight excluding hydrogens is 316 g/mol. The Bertz CT molecular complexity index is 773. The predicted octanol–water partition coefficient (Wildman–Crippen LogP) is 3.39. The van der Waals surface area contributed by atoms with E-state index in [2.05, 4.69) is 5.32 Å². The number of methoxy groups -OCH3 is 1. The highest BCUT2D eigenvalue weighted by Gasteiger charge is 2.21. The van der Waals surface area contributed by atoms with Crippen molar-refractivity contribution >= 4 is 23.2 Å². The highest BCUT2D eigenvalue weighted by Crippen LogP contribution is 2.24. The quantitative estimate of drug-likeness (QED) is 0.878. The fourth-order valence-electron chi connectivity index (χ4n) is 3.05. The van der Waals surface area contributed by atoms with Gasteiger partial charge < -0.3 is 15.0 Å². The molecule has 2 aromatic carbocycles. The van der Waals surface area contributed by atoms with Gasteiger partial charge in [0.25, 0.3) is 0 Å². The summed E-state index contributed by atoms with van der Waals surface area (Å²) in [5, 5.41) is 2.91. The lowest BCUT2D eigenvalue weighted by atomic mass is 10.1. The molecule has 0 bridgehead atoms. The smallest absolute Gasteiger partial charge is 0.227 e. The summed E-state index contributed by atoms with van der Waals surface area (Å²) < 4.78 is 5.31. The molecule has 0 aliphatic carbocycles. The van der Waals surface area contributed by atoms with Gasteiger partial charge in [0.1, 0.15) is 5.75 Å². The molecule has 0 atom stereocenters. The Balaban J connectivity index is 1.60. The van der Waals surface area contributed by atoms with Gasteiger partial charge in [0.2, 0.25) is 11.8 Å². The van der Waals surface area contributed by atoms with E-state index in [1.807, 2.05) is 48.5 Å². The van der Waals surface area contributed by atoms with E-state index in [1.165, 1.54) is 0 Å². The van der Waals surface area contributed by atoms with E-state index in [4.69, 9.17) is 4.74 Å². The highest BCUT2D eigenvalue weighted by atomic mass is 16.5. The Hall–Kier alpha value is -2.82. The van der Waals surface area contributed by atoms with Gasteiger partial charge in [0, 0.05) is 30.8 Å². The van der Waals surface area contributed by atoms with Crippen LogP contribution in [0.25, 0.3) is 0 Å². The van der Waals surface area contributed by atoms with Crippen molar-refractivity contribution in [3.63, 3.8) is 0 Å². The van der Waals surface area contributed by atoms with Gasteiger partial charge in [0.15, 0.2) is 0 Å². The number of carbonyl (C=O) groups is 2. The van der Waals surface area contributed by atoms with Crippen molar-refractivity contribution in [2.24, 2.45) is 0 Å². The zero-order chi connectivity index (χ0) is 17.6. The van der Waals surface area contributed by atoms with Crippen LogP contribution in [0.2, 0.25) is 0 Å². The number of aryl methyl sites for hydroxylation is 1. The zero-order valence-corrected chi connectivity index (χ0v) is 14.3. The fraction of sp³-hybridized carbons (Fsp3) is 0.300. The van der Waals surface area contributed by atoms with Gasteiger partial charge in [-0.25, -0.2) is 0 Å². The monoisotopic (exact) mass is 338 g/mol. The number of anilines is 2. The standard InChI is InChI=1S/C20H22N2O3/c1-25-18-9-3-2-6-15(18)11-12-19(23)21-16-7-4-8-17(14-16)22-13-5-10-20(22)24/h2-4,6-9,14H,5,10-13H2,1H3,(H,21,23). The van der Waals surface area contributed by atoms with Gasteiger partial charge in [-0.05, 0) is 42.7 Å². The molecule has 1 aliphatic rings. The molecule has 0 unspecified atom stereocenters.